The SMILES string of the molecule is COc1cccc(OC)c1C(=O)COCC(F)(F)C(F)F. The Balaban J connectivity index is 2.77. The Morgan fingerprint density at radius 2 is 1.71 bits per heavy atom. The first-order valence-corrected chi connectivity index (χ1v) is 5.81. The molecule has 4 nitrogen and oxygen atoms in total. The van der Waals surface area contributed by atoms with Crippen LogP contribution in [0.4, 0.5) is 17.6 Å². The number of hydrogen-bond acceptors (Lipinski definition) is 4. The summed E-state index contributed by atoms with van der Waals surface area (Å²) in [6.45, 7) is -2.34. The van der Waals surface area contributed by atoms with Crippen molar-refractivity contribution in [1.29, 1.82) is 0 Å². The number of ketones is 1. The summed E-state index contributed by atoms with van der Waals surface area (Å²) < 4.78 is 63.5. The lowest BCUT2D eigenvalue weighted by Crippen LogP contribution is -2.33. The molecular weight excluding hydrogens is 296 g/mol. The highest BCUT2D eigenvalue weighted by Gasteiger charge is 2.41. The first-order chi connectivity index (χ1) is 9.83. The second kappa shape index (κ2) is 7.26. The van der Waals surface area contributed by atoms with E-state index in [1.165, 1.54) is 26.4 Å². The normalized spacial score (nSPS) is 11.6. The zero-order chi connectivity index (χ0) is 16.0. The summed E-state index contributed by atoms with van der Waals surface area (Å²) in [7, 11) is 2.63. The maximum Gasteiger partial charge on any atom is 0.330 e. The van der Waals surface area contributed by atoms with Crippen LogP contribution in [0.1, 0.15) is 10.4 Å². The number of Topliss-reactive ketones (excluding diaryl/α,β-unsaturated/α-hetero) is 1. The quantitative estimate of drug-likeness (QED) is 0.547. The predicted molar refractivity (Wildman–Crippen MR) is 65.6 cm³/mol. The van der Waals surface area contributed by atoms with E-state index < -0.39 is 31.3 Å². The molecule has 0 amide bonds. The summed E-state index contributed by atoms with van der Waals surface area (Å²) >= 11 is 0. The summed E-state index contributed by atoms with van der Waals surface area (Å²) in [5.74, 6) is -4.67. The van der Waals surface area contributed by atoms with Gasteiger partial charge in [-0.2, -0.15) is 8.78 Å². The second-order valence-electron chi connectivity index (χ2n) is 4.02. The van der Waals surface area contributed by atoms with Crippen molar-refractivity contribution in [2.24, 2.45) is 0 Å². The molecule has 21 heavy (non-hydrogen) atoms. The van der Waals surface area contributed by atoms with Gasteiger partial charge in [-0.15, -0.1) is 0 Å². The molecule has 0 atom stereocenters. The highest BCUT2D eigenvalue weighted by molar-refractivity contribution is 6.02. The molecule has 1 aromatic rings. The van der Waals surface area contributed by atoms with Gasteiger partial charge in [0.2, 0.25) is 0 Å². The van der Waals surface area contributed by atoms with E-state index in [0.29, 0.717) is 0 Å². The smallest absolute Gasteiger partial charge is 0.330 e. The topological polar surface area (TPSA) is 44.8 Å². The number of benzene rings is 1. The molecule has 1 aromatic carbocycles. The number of halogens is 4. The lowest BCUT2D eigenvalue weighted by molar-refractivity contribution is -0.163. The molecule has 0 radical (unpaired) electrons. The van der Waals surface area contributed by atoms with Crippen molar-refractivity contribution in [3.63, 3.8) is 0 Å². The molecule has 0 bridgehead atoms. The Kier molecular flexibility index (Phi) is 5.95. The molecule has 0 heterocycles. The van der Waals surface area contributed by atoms with Crippen molar-refractivity contribution in [1.82, 2.24) is 0 Å². The minimum absolute atomic E-state index is 0.00265. The minimum Gasteiger partial charge on any atom is -0.496 e. The summed E-state index contributed by atoms with van der Waals surface area (Å²) in [5.41, 5.74) is 0.00265. The number of ether oxygens (including phenoxy) is 3. The van der Waals surface area contributed by atoms with Crippen LogP contribution in [0, 0.1) is 0 Å². The van der Waals surface area contributed by atoms with Gasteiger partial charge >= 0.3 is 12.3 Å². The Hall–Kier alpha value is -1.83. The average Bonchev–Trinajstić information content (AvgIpc) is 2.45. The highest BCUT2D eigenvalue weighted by atomic mass is 19.3. The third kappa shape index (κ3) is 4.32. The van der Waals surface area contributed by atoms with Crippen LogP contribution in [0.15, 0.2) is 18.2 Å². The van der Waals surface area contributed by atoms with Crippen LogP contribution in [0.25, 0.3) is 0 Å². The van der Waals surface area contributed by atoms with Gasteiger partial charge in [0, 0.05) is 0 Å². The van der Waals surface area contributed by atoms with E-state index in [1.807, 2.05) is 0 Å². The van der Waals surface area contributed by atoms with Crippen LogP contribution in [0.2, 0.25) is 0 Å². The molecular formula is C13H14F4O4. The third-order valence-corrected chi connectivity index (χ3v) is 2.55. The van der Waals surface area contributed by atoms with Gasteiger partial charge in [0.05, 0.1) is 14.2 Å². The predicted octanol–water partition coefficient (Wildman–Crippen LogP) is 2.80. The summed E-state index contributed by atoms with van der Waals surface area (Å²) in [5, 5.41) is 0. The molecule has 0 aliphatic carbocycles. The fraction of sp³-hybridized carbons (Fsp3) is 0.462. The van der Waals surface area contributed by atoms with E-state index in [-0.39, 0.29) is 17.1 Å². The van der Waals surface area contributed by atoms with E-state index in [4.69, 9.17) is 9.47 Å². The summed E-state index contributed by atoms with van der Waals surface area (Å²) in [6, 6.07) is 4.52. The maximum absolute atomic E-state index is 12.7. The van der Waals surface area contributed by atoms with Gasteiger partial charge in [-0.3, -0.25) is 4.79 Å². The average molecular weight is 310 g/mol. The largest absolute Gasteiger partial charge is 0.496 e. The lowest BCUT2D eigenvalue weighted by atomic mass is 10.1. The molecule has 0 unspecified atom stereocenters. The Bertz CT molecular complexity index is 469. The van der Waals surface area contributed by atoms with Crippen molar-refractivity contribution in [3.05, 3.63) is 23.8 Å². The number of hydrogen-bond donors (Lipinski definition) is 0. The number of methoxy groups -OCH3 is 2. The fourth-order valence-corrected chi connectivity index (χ4v) is 1.54. The number of carbonyl (C=O) groups excluding carboxylic acids is 1. The van der Waals surface area contributed by atoms with Gasteiger partial charge < -0.3 is 14.2 Å². The third-order valence-electron chi connectivity index (χ3n) is 2.55. The first-order valence-electron chi connectivity index (χ1n) is 5.81. The van der Waals surface area contributed by atoms with Gasteiger partial charge in [0.1, 0.15) is 30.3 Å². The molecule has 0 spiro atoms. The van der Waals surface area contributed by atoms with Crippen molar-refractivity contribution < 1.29 is 36.6 Å². The number of alkyl halides is 4. The van der Waals surface area contributed by atoms with Crippen molar-refractivity contribution in [2.45, 2.75) is 12.3 Å². The second-order valence-corrected chi connectivity index (χ2v) is 4.02. The fourth-order valence-electron chi connectivity index (χ4n) is 1.54. The van der Waals surface area contributed by atoms with Gasteiger partial charge in [0.15, 0.2) is 5.78 Å². The number of carbonyl (C=O) groups is 1. The van der Waals surface area contributed by atoms with Gasteiger partial charge in [-0.05, 0) is 12.1 Å². The Morgan fingerprint density at radius 3 is 2.14 bits per heavy atom. The van der Waals surface area contributed by atoms with Crippen LogP contribution in [-0.4, -0.2) is 45.6 Å². The molecule has 0 aliphatic rings. The number of rotatable bonds is 8. The molecule has 118 valence electrons. The van der Waals surface area contributed by atoms with E-state index in [1.54, 1.807) is 6.07 Å². The zero-order valence-corrected chi connectivity index (χ0v) is 11.4. The van der Waals surface area contributed by atoms with E-state index in [0.717, 1.165) is 0 Å². The Labute approximate surface area is 118 Å². The maximum atomic E-state index is 12.7. The van der Waals surface area contributed by atoms with Crippen LogP contribution in [0.3, 0.4) is 0 Å². The molecule has 0 N–H and O–H groups in total. The Morgan fingerprint density at radius 1 is 1.19 bits per heavy atom. The minimum atomic E-state index is -4.30. The molecule has 1 rings (SSSR count). The lowest BCUT2D eigenvalue weighted by Gasteiger charge is -2.16. The molecule has 0 saturated carbocycles. The van der Waals surface area contributed by atoms with Gasteiger partial charge in [-0.25, -0.2) is 8.78 Å². The van der Waals surface area contributed by atoms with Crippen molar-refractivity contribution >= 4 is 5.78 Å². The molecule has 0 saturated heterocycles. The summed E-state index contributed by atoms with van der Waals surface area (Å²) in [4.78, 5) is 11.9. The van der Waals surface area contributed by atoms with Crippen LogP contribution >= 0.6 is 0 Å². The van der Waals surface area contributed by atoms with Crippen LogP contribution in [-0.2, 0) is 4.74 Å². The van der Waals surface area contributed by atoms with Crippen LogP contribution < -0.4 is 9.47 Å². The first kappa shape index (κ1) is 17.2. The molecule has 8 heteroatoms. The van der Waals surface area contributed by atoms with Crippen molar-refractivity contribution in [3.8, 4) is 11.5 Å². The monoisotopic (exact) mass is 310 g/mol. The van der Waals surface area contributed by atoms with E-state index >= 15 is 0 Å². The molecule has 0 fully saturated rings. The van der Waals surface area contributed by atoms with Crippen LogP contribution in [0.5, 0.6) is 11.5 Å². The van der Waals surface area contributed by atoms with Crippen molar-refractivity contribution in [2.75, 3.05) is 27.4 Å². The van der Waals surface area contributed by atoms with Gasteiger partial charge in [0.25, 0.3) is 0 Å². The zero-order valence-electron chi connectivity index (χ0n) is 11.4. The molecule has 0 aliphatic heterocycles. The van der Waals surface area contributed by atoms with E-state index in [2.05, 4.69) is 4.74 Å². The van der Waals surface area contributed by atoms with Gasteiger partial charge in [-0.1, -0.05) is 6.07 Å². The highest BCUT2D eigenvalue weighted by Crippen LogP contribution is 2.29. The summed E-state index contributed by atoms with van der Waals surface area (Å²) in [6.07, 6.45) is -3.85. The molecule has 0 aromatic heterocycles. The van der Waals surface area contributed by atoms with E-state index in [9.17, 15) is 22.4 Å². The standard InChI is InChI=1S/C13H14F4O4/c1-19-9-4-3-5-10(20-2)11(9)8(18)6-21-7-13(16,17)12(14)15/h3-5,12H,6-7H2,1-2H3.